The lowest BCUT2D eigenvalue weighted by molar-refractivity contribution is -0.385. The average Bonchev–Trinajstić information content (AvgIpc) is 3.15. The van der Waals surface area contributed by atoms with Crippen molar-refractivity contribution in [2.24, 2.45) is 0 Å². The monoisotopic (exact) mass is 361 g/mol. The summed E-state index contributed by atoms with van der Waals surface area (Å²) in [6.07, 6.45) is 1.46. The first-order chi connectivity index (χ1) is 13.0. The molecule has 0 atom stereocenters. The Morgan fingerprint density at radius 2 is 1.63 bits per heavy atom. The third kappa shape index (κ3) is 3.88. The van der Waals surface area contributed by atoms with Crippen LogP contribution in [-0.4, -0.2) is 9.85 Å². The molecule has 3 rings (SSSR count). The highest BCUT2D eigenvalue weighted by atomic mass is 16.6. The maximum absolute atomic E-state index is 10.9. The number of rotatable bonds is 5. The van der Waals surface area contributed by atoms with Crippen molar-refractivity contribution in [3.05, 3.63) is 92.2 Å². The Morgan fingerprint density at radius 3 is 2.30 bits per heavy atom. The van der Waals surface area contributed by atoms with Crippen LogP contribution in [-0.2, 0) is 0 Å². The van der Waals surface area contributed by atoms with Crippen molar-refractivity contribution in [2.75, 3.05) is 0 Å². The van der Waals surface area contributed by atoms with E-state index in [9.17, 15) is 25.5 Å². The Balaban J connectivity index is 1.95. The molecule has 8 nitrogen and oxygen atoms in total. The van der Waals surface area contributed by atoms with Gasteiger partial charge in [0.1, 0.15) is 11.5 Å². The minimum Gasteiger partial charge on any atom is -0.457 e. The lowest BCUT2D eigenvalue weighted by atomic mass is 10.1. The van der Waals surface area contributed by atoms with Gasteiger partial charge in [-0.15, -0.1) is 0 Å². The molecule has 2 aromatic carbocycles. The van der Waals surface area contributed by atoms with Crippen LogP contribution in [0.2, 0.25) is 0 Å². The van der Waals surface area contributed by atoms with E-state index in [0.717, 1.165) is 0 Å². The lowest BCUT2D eigenvalue weighted by Gasteiger charge is -1.99. The molecule has 0 aliphatic rings. The van der Waals surface area contributed by atoms with E-state index in [1.54, 1.807) is 30.3 Å². The molecule has 3 aromatic rings. The van der Waals surface area contributed by atoms with Crippen LogP contribution in [0, 0.1) is 31.6 Å². The van der Waals surface area contributed by atoms with Crippen LogP contribution < -0.4 is 0 Å². The number of nitriles is 1. The standard InChI is InChI=1S/C19H11N3O5/c20-12-15(13-3-1-5-16(9-13)21(23)24)11-18-7-8-19(27-18)14-4-2-6-17(10-14)22(25)26/h1-11H/b15-11-. The summed E-state index contributed by atoms with van der Waals surface area (Å²) in [5, 5.41) is 31.2. The summed E-state index contributed by atoms with van der Waals surface area (Å²) in [5.74, 6) is 0.751. The molecule has 0 unspecified atom stereocenters. The molecule has 27 heavy (non-hydrogen) atoms. The zero-order chi connectivity index (χ0) is 19.4. The number of nitrogens with zero attached hydrogens (tertiary/aromatic N) is 3. The second-order valence-electron chi connectivity index (χ2n) is 5.49. The summed E-state index contributed by atoms with van der Waals surface area (Å²) < 4.78 is 5.65. The first-order valence-electron chi connectivity index (χ1n) is 7.69. The number of hydrogen-bond acceptors (Lipinski definition) is 6. The maximum Gasteiger partial charge on any atom is 0.270 e. The molecule has 0 N–H and O–H groups in total. The number of hydrogen-bond donors (Lipinski definition) is 0. The Morgan fingerprint density at radius 1 is 0.963 bits per heavy atom. The predicted octanol–water partition coefficient (Wildman–Crippen LogP) is 4.83. The van der Waals surface area contributed by atoms with Gasteiger partial charge in [-0.1, -0.05) is 24.3 Å². The molecule has 0 aliphatic heterocycles. The summed E-state index contributed by atoms with van der Waals surface area (Å²) >= 11 is 0. The van der Waals surface area contributed by atoms with Crippen LogP contribution >= 0.6 is 0 Å². The van der Waals surface area contributed by atoms with Gasteiger partial charge in [-0.25, -0.2) is 0 Å². The molecule has 1 aromatic heterocycles. The first kappa shape index (κ1) is 17.6. The molecule has 0 spiro atoms. The van der Waals surface area contributed by atoms with Gasteiger partial charge in [0.05, 0.1) is 21.5 Å². The second-order valence-corrected chi connectivity index (χ2v) is 5.49. The SMILES string of the molecule is N#C/C(=C/c1ccc(-c2cccc([N+](=O)[O-])c2)o1)c1cccc([N+](=O)[O-])c1. The van der Waals surface area contributed by atoms with E-state index < -0.39 is 9.85 Å². The minimum absolute atomic E-state index is 0.0599. The Bertz CT molecular complexity index is 1110. The number of non-ortho nitro benzene ring substituents is 2. The van der Waals surface area contributed by atoms with Gasteiger partial charge in [0.25, 0.3) is 11.4 Å². The van der Waals surface area contributed by atoms with Gasteiger partial charge in [-0.3, -0.25) is 20.2 Å². The van der Waals surface area contributed by atoms with Crippen molar-refractivity contribution in [2.45, 2.75) is 0 Å². The van der Waals surface area contributed by atoms with Gasteiger partial charge >= 0.3 is 0 Å². The van der Waals surface area contributed by atoms with Crippen molar-refractivity contribution in [1.82, 2.24) is 0 Å². The Hall–Kier alpha value is -4.25. The number of benzene rings is 2. The Kier molecular flexibility index (Phi) is 4.77. The van der Waals surface area contributed by atoms with Crippen LogP contribution in [0.5, 0.6) is 0 Å². The fourth-order valence-corrected chi connectivity index (χ4v) is 2.47. The molecule has 0 saturated carbocycles. The third-order valence-electron chi connectivity index (χ3n) is 3.74. The van der Waals surface area contributed by atoms with Gasteiger partial charge in [0, 0.05) is 29.8 Å². The van der Waals surface area contributed by atoms with E-state index >= 15 is 0 Å². The van der Waals surface area contributed by atoms with Gasteiger partial charge in [-0.05, 0) is 23.8 Å². The molecule has 0 saturated heterocycles. The lowest BCUT2D eigenvalue weighted by Crippen LogP contribution is -1.89. The fourth-order valence-electron chi connectivity index (χ4n) is 2.47. The predicted molar refractivity (Wildman–Crippen MR) is 97.4 cm³/mol. The molecular weight excluding hydrogens is 350 g/mol. The molecule has 0 aliphatic carbocycles. The number of nitro groups is 2. The zero-order valence-electron chi connectivity index (χ0n) is 13.7. The first-order valence-corrected chi connectivity index (χ1v) is 7.69. The minimum atomic E-state index is -0.536. The van der Waals surface area contributed by atoms with E-state index in [0.29, 0.717) is 22.6 Å². The summed E-state index contributed by atoms with van der Waals surface area (Å²) in [4.78, 5) is 20.7. The molecule has 132 valence electrons. The number of allylic oxidation sites excluding steroid dienone is 1. The molecule has 0 amide bonds. The molecule has 1 heterocycles. The van der Waals surface area contributed by atoms with Crippen LogP contribution in [0.25, 0.3) is 23.0 Å². The summed E-state index contributed by atoms with van der Waals surface area (Å²) in [6, 6.07) is 17.0. The molecule has 0 fully saturated rings. The summed E-state index contributed by atoms with van der Waals surface area (Å²) in [5.41, 5.74) is 0.928. The van der Waals surface area contributed by atoms with E-state index in [1.807, 2.05) is 6.07 Å². The van der Waals surface area contributed by atoms with Crippen LogP contribution in [0.15, 0.2) is 65.1 Å². The van der Waals surface area contributed by atoms with Crippen molar-refractivity contribution < 1.29 is 14.3 Å². The molecule has 0 bridgehead atoms. The highest BCUT2D eigenvalue weighted by Gasteiger charge is 2.12. The van der Waals surface area contributed by atoms with Gasteiger partial charge in [-0.2, -0.15) is 5.26 Å². The highest BCUT2D eigenvalue weighted by Crippen LogP contribution is 2.28. The van der Waals surface area contributed by atoms with Crippen molar-refractivity contribution in [3.8, 4) is 17.4 Å². The largest absolute Gasteiger partial charge is 0.457 e. The van der Waals surface area contributed by atoms with Crippen molar-refractivity contribution >= 4 is 23.0 Å². The smallest absolute Gasteiger partial charge is 0.270 e. The third-order valence-corrected chi connectivity index (χ3v) is 3.74. The van der Waals surface area contributed by atoms with Gasteiger partial charge in [0.2, 0.25) is 0 Å². The maximum atomic E-state index is 10.9. The molecular formula is C19H11N3O5. The van der Waals surface area contributed by atoms with Crippen LogP contribution in [0.3, 0.4) is 0 Å². The zero-order valence-corrected chi connectivity index (χ0v) is 13.7. The van der Waals surface area contributed by atoms with Crippen molar-refractivity contribution in [1.29, 1.82) is 5.26 Å². The quantitative estimate of drug-likeness (QED) is 0.364. The fraction of sp³-hybridized carbons (Fsp3) is 0. The Labute approximate surface area is 152 Å². The molecule has 0 radical (unpaired) electrons. The van der Waals surface area contributed by atoms with E-state index in [1.165, 1.54) is 36.4 Å². The van der Waals surface area contributed by atoms with E-state index in [-0.39, 0.29) is 16.9 Å². The van der Waals surface area contributed by atoms with Gasteiger partial charge in [0.15, 0.2) is 0 Å². The van der Waals surface area contributed by atoms with Crippen molar-refractivity contribution in [3.63, 3.8) is 0 Å². The van der Waals surface area contributed by atoms with Gasteiger partial charge < -0.3 is 4.42 Å². The summed E-state index contributed by atoms with van der Waals surface area (Å²) in [6.45, 7) is 0. The second kappa shape index (κ2) is 7.33. The average molecular weight is 361 g/mol. The van der Waals surface area contributed by atoms with E-state index in [2.05, 4.69) is 0 Å². The topological polar surface area (TPSA) is 123 Å². The normalized spacial score (nSPS) is 11.0. The number of furan rings is 1. The van der Waals surface area contributed by atoms with E-state index in [4.69, 9.17) is 4.42 Å². The van der Waals surface area contributed by atoms with Crippen LogP contribution in [0.1, 0.15) is 11.3 Å². The van der Waals surface area contributed by atoms with Crippen LogP contribution in [0.4, 0.5) is 11.4 Å². The molecule has 8 heteroatoms. The highest BCUT2D eigenvalue weighted by molar-refractivity contribution is 5.89. The summed E-state index contributed by atoms with van der Waals surface area (Å²) in [7, 11) is 0. The number of nitro benzene ring substituents is 2.